The number of hydrogen-bond donors (Lipinski definition) is 0. The van der Waals surface area contributed by atoms with E-state index in [2.05, 4.69) is 4.90 Å². The van der Waals surface area contributed by atoms with E-state index in [1.807, 2.05) is 0 Å². The van der Waals surface area contributed by atoms with Gasteiger partial charge in [0.2, 0.25) is 0 Å². The number of halogens is 1. The predicted molar refractivity (Wildman–Crippen MR) is 110 cm³/mol. The maximum Gasteiger partial charge on any atom is 0.422 e. The fraction of sp³-hybridized carbons (Fsp3) is 0.600. The molecular weight excluding hydrogens is 400 g/mol. The van der Waals surface area contributed by atoms with Gasteiger partial charge in [0.05, 0.1) is 25.7 Å². The first kappa shape index (κ1) is 21.8. The van der Waals surface area contributed by atoms with Gasteiger partial charge in [-0.05, 0) is 56.5 Å². The second-order valence-electron chi connectivity index (χ2n) is 7.39. The lowest BCUT2D eigenvalue weighted by molar-refractivity contribution is -0.0662. The summed E-state index contributed by atoms with van der Waals surface area (Å²) in [5.74, 6) is 0.442. The zero-order chi connectivity index (χ0) is 19.5. The van der Waals surface area contributed by atoms with Crippen LogP contribution in [0.5, 0.6) is 5.75 Å². The fourth-order valence-corrected chi connectivity index (χ4v) is 3.96. The molecule has 0 atom stereocenters. The summed E-state index contributed by atoms with van der Waals surface area (Å²) in [6.07, 6.45) is 2.75. The van der Waals surface area contributed by atoms with Gasteiger partial charge in [-0.1, -0.05) is 0 Å². The summed E-state index contributed by atoms with van der Waals surface area (Å²) in [6.45, 7) is 4.49. The van der Waals surface area contributed by atoms with Gasteiger partial charge in [-0.3, -0.25) is 9.69 Å². The van der Waals surface area contributed by atoms with Gasteiger partial charge < -0.3 is 18.6 Å². The molecule has 1 aromatic carbocycles. The van der Waals surface area contributed by atoms with Gasteiger partial charge >= 0.3 is 5.76 Å². The first-order valence-electron chi connectivity index (χ1n) is 9.81. The van der Waals surface area contributed by atoms with E-state index in [0.717, 1.165) is 38.9 Å². The number of likely N-dealkylation sites (tertiary alicyclic amines) is 1. The summed E-state index contributed by atoms with van der Waals surface area (Å²) in [6, 6.07) is 4.88. The highest BCUT2D eigenvalue weighted by atomic mass is 35.5. The molecule has 2 aliphatic rings. The first-order chi connectivity index (χ1) is 13.6. The highest BCUT2D eigenvalue weighted by molar-refractivity contribution is 5.85. The molecule has 2 fully saturated rings. The van der Waals surface area contributed by atoms with E-state index in [1.54, 1.807) is 18.2 Å². The molecule has 0 amide bonds. The number of fused-ring (bicyclic) bond motifs is 1. The van der Waals surface area contributed by atoms with Gasteiger partial charge in [-0.2, -0.15) is 0 Å². The number of rotatable bonds is 6. The average Bonchev–Trinajstić information content (AvgIpc) is 3.22. The van der Waals surface area contributed by atoms with Crippen molar-refractivity contribution in [3.8, 4) is 5.75 Å². The van der Waals surface area contributed by atoms with Gasteiger partial charge in [0.15, 0.2) is 6.29 Å². The van der Waals surface area contributed by atoms with Crippen LogP contribution in [0, 0.1) is 5.92 Å². The highest BCUT2D eigenvalue weighted by Gasteiger charge is 2.24. The van der Waals surface area contributed by atoms with E-state index in [1.165, 1.54) is 11.7 Å². The Morgan fingerprint density at radius 2 is 1.86 bits per heavy atom. The van der Waals surface area contributed by atoms with E-state index in [4.69, 9.17) is 18.6 Å². The van der Waals surface area contributed by atoms with Crippen LogP contribution < -0.4 is 16.1 Å². The van der Waals surface area contributed by atoms with Crippen LogP contribution in [0.1, 0.15) is 19.3 Å². The summed E-state index contributed by atoms with van der Waals surface area (Å²) in [7, 11) is 1.54. The van der Waals surface area contributed by atoms with Crippen LogP contribution in [0.4, 0.5) is 0 Å². The summed E-state index contributed by atoms with van der Waals surface area (Å²) in [5, 5.41) is 0.366. The molecule has 0 spiro atoms. The van der Waals surface area contributed by atoms with Crippen molar-refractivity contribution < 1.29 is 18.6 Å². The third-order valence-electron chi connectivity index (χ3n) is 5.65. The second kappa shape index (κ2) is 9.75. The molecule has 0 saturated carbocycles. The van der Waals surface area contributed by atoms with Crippen molar-refractivity contribution in [1.82, 2.24) is 9.47 Å². The predicted octanol–water partition coefficient (Wildman–Crippen LogP) is 1.86. The molecule has 0 aliphatic carbocycles. The SMILES string of the molecule is COc1ccc2oc(=O)n(CCC3CCN(CC4OCCO4)CC3)c(=O)c2c1.Cl. The lowest BCUT2D eigenvalue weighted by atomic mass is 9.93. The Hall–Kier alpha value is -1.87. The minimum absolute atomic E-state index is 0. The Morgan fingerprint density at radius 1 is 1.14 bits per heavy atom. The molecule has 3 heterocycles. The smallest absolute Gasteiger partial charge is 0.422 e. The van der Waals surface area contributed by atoms with E-state index < -0.39 is 5.76 Å². The molecule has 0 unspecified atom stereocenters. The zero-order valence-corrected chi connectivity index (χ0v) is 17.3. The first-order valence-corrected chi connectivity index (χ1v) is 9.81. The number of ether oxygens (including phenoxy) is 3. The van der Waals surface area contributed by atoms with Crippen molar-refractivity contribution in [1.29, 1.82) is 0 Å². The molecule has 0 radical (unpaired) electrons. The Bertz CT molecular complexity index is 929. The van der Waals surface area contributed by atoms with Crippen molar-refractivity contribution in [3.05, 3.63) is 39.1 Å². The summed E-state index contributed by atoms with van der Waals surface area (Å²) >= 11 is 0. The van der Waals surface area contributed by atoms with Crippen LogP contribution in [-0.2, 0) is 16.0 Å². The number of hydrogen-bond acceptors (Lipinski definition) is 7. The van der Waals surface area contributed by atoms with Gasteiger partial charge in [0.25, 0.3) is 5.56 Å². The van der Waals surface area contributed by atoms with Crippen molar-refractivity contribution in [3.63, 3.8) is 0 Å². The third-order valence-corrected chi connectivity index (χ3v) is 5.65. The minimum atomic E-state index is -0.601. The van der Waals surface area contributed by atoms with Crippen LogP contribution in [0.15, 0.2) is 32.2 Å². The fourth-order valence-electron chi connectivity index (χ4n) is 3.96. The van der Waals surface area contributed by atoms with E-state index in [-0.39, 0.29) is 29.8 Å². The van der Waals surface area contributed by atoms with Gasteiger partial charge in [-0.15, -0.1) is 12.4 Å². The number of piperidine rings is 1. The Labute approximate surface area is 174 Å². The van der Waals surface area contributed by atoms with Crippen molar-refractivity contribution in [2.24, 2.45) is 5.92 Å². The van der Waals surface area contributed by atoms with Crippen LogP contribution in [0.2, 0.25) is 0 Å². The molecule has 160 valence electrons. The number of methoxy groups -OCH3 is 1. The highest BCUT2D eigenvalue weighted by Crippen LogP contribution is 2.22. The van der Waals surface area contributed by atoms with Crippen LogP contribution in [0.25, 0.3) is 11.0 Å². The van der Waals surface area contributed by atoms with Gasteiger partial charge in [-0.25, -0.2) is 9.36 Å². The molecule has 1 aromatic heterocycles. The molecule has 4 rings (SSSR count). The van der Waals surface area contributed by atoms with E-state index in [9.17, 15) is 9.59 Å². The third kappa shape index (κ3) is 5.01. The van der Waals surface area contributed by atoms with E-state index >= 15 is 0 Å². The van der Waals surface area contributed by atoms with Crippen molar-refractivity contribution in [2.75, 3.05) is 40.0 Å². The number of aromatic nitrogens is 1. The van der Waals surface area contributed by atoms with Crippen molar-refractivity contribution >= 4 is 23.4 Å². The Kier molecular flexibility index (Phi) is 7.34. The molecular formula is C20H27ClN2O6. The lowest BCUT2D eigenvalue weighted by Gasteiger charge is -2.32. The summed E-state index contributed by atoms with van der Waals surface area (Å²) in [5.41, 5.74) is -0.0326. The normalized spacial score (nSPS) is 18.8. The summed E-state index contributed by atoms with van der Waals surface area (Å²) in [4.78, 5) is 27.4. The van der Waals surface area contributed by atoms with E-state index in [0.29, 0.717) is 36.8 Å². The van der Waals surface area contributed by atoms with Gasteiger partial charge in [0.1, 0.15) is 11.3 Å². The summed E-state index contributed by atoms with van der Waals surface area (Å²) < 4.78 is 22.7. The Balaban J connectivity index is 0.00000240. The molecule has 9 heteroatoms. The largest absolute Gasteiger partial charge is 0.497 e. The lowest BCUT2D eigenvalue weighted by Crippen LogP contribution is -2.40. The quantitative estimate of drug-likeness (QED) is 0.697. The molecule has 8 nitrogen and oxygen atoms in total. The molecule has 0 N–H and O–H groups in total. The van der Waals surface area contributed by atoms with Crippen LogP contribution in [0.3, 0.4) is 0 Å². The molecule has 0 bridgehead atoms. The van der Waals surface area contributed by atoms with Gasteiger partial charge in [0, 0.05) is 13.1 Å². The minimum Gasteiger partial charge on any atom is -0.497 e. The van der Waals surface area contributed by atoms with Crippen LogP contribution in [-0.4, -0.2) is 55.7 Å². The second-order valence-corrected chi connectivity index (χ2v) is 7.39. The monoisotopic (exact) mass is 426 g/mol. The average molecular weight is 427 g/mol. The zero-order valence-electron chi connectivity index (χ0n) is 16.5. The molecule has 2 aromatic rings. The standard InChI is InChI=1S/C20H26N2O6.ClH/c1-25-15-2-3-17-16(12-15)19(23)22(20(24)28-17)9-6-14-4-7-21(8-5-14)13-18-26-10-11-27-18;/h2-3,12,14,18H,4-11,13H2,1H3;1H. The Morgan fingerprint density at radius 3 is 2.55 bits per heavy atom. The molecule has 2 saturated heterocycles. The molecule has 29 heavy (non-hydrogen) atoms. The number of benzene rings is 1. The number of nitrogens with zero attached hydrogens (tertiary/aromatic N) is 2. The van der Waals surface area contributed by atoms with Crippen LogP contribution >= 0.6 is 12.4 Å². The topological polar surface area (TPSA) is 83.1 Å². The maximum absolute atomic E-state index is 12.7. The maximum atomic E-state index is 12.7. The molecule has 2 aliphatic heterocycles. The van der Waals surface area contributed by atoms with Crippen molar-refractivity contribution in [2.45, 2.75) is 32.1 Å².